The van der Waals surface area contributed by atoms with Gasteiger partial charge in [0.25, 0.3) is 0 Å². The van der Waals surface area contributed by atoms with Gasteiger partial charge in [0.05, 0.1) is 23.3 Å². The first-order valence-electron chi connectivity index (χ1n) is 6.66. The van der Waals surface area contributed by atoms with Gasteiger partial charge in [-0.2, -0.15) is 0 Å². The van der Waals surface area contributed by atoms with E-state index < -0.39 is 0 Å². The third-order valence-corrected chi connectivity index (χ3v) is 4.44. The number of rotatable bonds is 8. The van der Waals surface area contributed by atoms with E-state index in [0.717, 1.165) is 25.7 Å². The van der Waals surface area contributed by atoms with Gasteiger partial charge < -0.3 is 9.47 Å². The van der Waals surface area contributed by atoms with Crippen molar-refractivity contribution < 1.29 is 9.47 Å². The minimum absolute atomic E-state index is 0.188. The van der Waals surface area contributed by atoms with Crippen LogP contribution < -0.4 is 9.47 Å². The zero-order valence-corrected chi connectivity index (χ0v) is 14.6. The SMILES string of the molecule is CCCCOc1c(Cl)c(Cl)c(Cl)c(Cl)c1OCCCC. The molecule has 0 aliphatic carbocycles. The molecule has 0 radical (unpaired) electrons. The van der Waals surface area contributed by atoms with Crippen LogP contribution in [0.2, 0.25) is 20.1 Å². The standard InChI is InChI=1S/C14H18Cl4O2/c1-3-5-7-19-13-11(17)9(15)10(16)12(18)14(13)20-8-6-4-2/h3-8H2,1-2H3. The van der Waals surface area contributed by atoms with Crippen LogP contribution in [-0.4, -0.2) is 13.2 Å². The Morgan fingerprint density at radius 2 is 1.00 bits per heavy atom. The molecule has 0 heterocycles. The van der Waals surface area contributed by atoms with Crippen molar-refractivity contribution in [3.63, 3.8) is 0 Å². The smallest absolute Gasteiger partial charge is 0.182 e. The van der Waals surface area contributed by atoms with Crippen molar-refractivity contribution in [2.24, 2.45) is 0 Å². The monoisotopic (exact) mass is 358 g/mol. The van der Waals surface area contributed by atoms with Gasteiger partial charge in [-0.25, -0.2) is 0 Å². The molecule has 0 N–H and O–H groups in total. The summed E-state index contributed by atoms with van der Waals surface area (Å²) in [6.07, 6.45) is 3.84. The topological polar surface area (TPSA) is 18.5 Å². The van der Waals surface area contributed by atoms with Gasteiger partial charge in [0.15, 0.2) is 11.5 Å². The fraction of sp³-hybridized carbons (Fsp3) is 0.571. The zero-order chi connectivity index (χ0) is 15.1. The second-order valence-electron chi connectivity index (χ2n) is 4.32. The third kappa shape index (κ3) is 4.49. The quantitative estimate of drug-likeness (QED) is 0.293. The average molecular weight is 360 g/mol. The number of halogens is 4. The summed E-state index contributed by atoms with van der Waals surface area (Å²) in [5.41, 5.74) is 0. The summed E-state index contributed by atoms with van der Waals surface area (Å²) < 4.78 is 11.3. The third-order valence-electron chi connectivity index (χ3n) is 2.67. The van der Waals surface area contributed by atoms with Crippen LogP contribution in [0.3, 0.4) is 0 Å². The Hall–Kier alpha value is -0.0200. The first-order valence-corrected chi connectivity index (χ1v) is 8.17. The first-order chi connectivity index (χ1) is 9.54. The fourth-order valence-corrected chi connectivity index (χ4v) is 2.41. The van der Waals surface area contributed by atoms with E-state index in [2.05, 4.69) is 13.8 Å². The van der Waals surface area contributed by atoms with E-state index in [1.165, 1.54) is 0 Å². The minimum Gasteiger partial charge on any atom is -0.488 e. The molecule has 2 nitrogen and oxygen atoms in total. The van der Waals surface area contributed by atoms with Crippen LogP contribution in [0, 0.1) is 0 Å². The van der Waals surface area contributed by atoms with Crippen LogP contribution in [0.4, 0.5) is 0 Å². The van der Waals surface area contributed by atoms with Crippen molar-refractivity contribution in [2.75, 3.05) is 13.2 Å². The van der Waals surface area contributed by atoms with E-state index in [0.29, 0.717) is 24.7 Å². The molecule has 114 valence electrons. The van der Waals surface area contributed by atoms with Crippen LogP contribution >= 0.6 is 46.4 Å². The first kappa shape index (κ1) is 18.0. The van der Waals surface area contributed by atoms with Gasteiger partial charge in [0.1, 0.15) is 10.0 Å². The Labute approximate surface area is 140 Å². The Bertz CT molecular complexity index is 409. The van der Waals surface area contributed by atoms with Gasteiger partial charge >= 0.3 is 0 Å². The molecule has 0 unspecified atom stereocenters. The lowest BCUT2D eigenvalue weighted by Crippen LogP contribution is -2.04. The molecule has 0 bridgehead atoms. The van der Waals surface area contributed by atoms with E-state index in [-0.39, 0.29) is 20.1 Å². The molecule has 0 fully saturated rings. The lowest BCUT2D eigenvalue weighted by molar-refractivity contribution is 0.262. The van der Waals surface area contributed by atoms with E-state index >= 15 is 0 Å². The van der Waals surface area contributed by atoms with Gasteiger partial charge in [0, 0.05) is 0 Å². The van der Waals surface area contributed by atoms with E-state index in [9.17, 15) is 0 Å². The highest BCUT2D eigenvalue weighted by atomic mass is 35.5. The second-order valence-corrected chi connectivity index (χ2v) is 5.83. The van der Waals surface area contributed by atoms with Gasteiger partial charge in [-0.3, -0.25) is 0 Å². The number of hydrogen-bond acceptors (Lipinski definition) is 2. The van der Waals surface area contributed by atoms with Crippen molar-refractivity contribution in [3.8, 4) is 11.5 Å². The summed E-state index contributed by atoms with van der Waals surface area (Å²) in [6.45, 7) is 5.19. The summed E-state index contributed by atoms with van der Waals surface area (Å²) in [6, 6.07) is 0. The van der Waals surface area contributed by atoms with Crippen LogP contribution in [0.15, 0.2) is 0 Å². The molecule has 0 aliphatic heterocycles. The summed E-state index contributed by atoms with van der Waals surface area (Å²) >= 11 is 24.5. The maximum absolute atomic E-state index is 6.19. The predicted molar refractivity (Wildman–Crippen MR) is 87.3 cm³/mol. The molecular weight excluding hydrogens is 342 g/mol. The van der Waals surface area contributed by atoms with Gasteiger partial charge in [-0.05, 0) is 12.8 Å². The van der Waals surface area contributed by atoms with Crippen LogP contribution in [0.5, 0.6) is 11.5 Å². The summed E-state index contributed by atoms with van der Waals surface area (Å²) in [5, 5.41) is 0.854. The number of hydrogen-bond donors (Lipinski definition) is 0. The molecule has 0 aliphatic rings. The lowest BCUT2D eigenvalue weighted by atomic mass is 10.3. The molecular formula is C14H18Cl4O2. The molecule has 0 saturated heterocycles. The molecule has 0 amide bonds. The van der Waals surface area contributed by atoms with E-state index in [4.69, 9.17) is 55.9 Å². The minimum atomic E-state index is 0.188. The van der Waals surface area contributed by atoms with Crippen LogP contribution in [0.1, 0.15) is 39.5 Å². The average Bonchev–Trinajstić information content (AvgIpc) is 2.45. The Morgan fingerprint density at radius 3 is 1.30 bits per heavy atom. The lowest BCUT2D eigenvalue weighted by Gasteiger charge is -2.17. The number of ether oxygens (including phenoxy) is 2. The molecule has 0 saturated carbocycles. The van der Waals surface area contributed by atoms with Crippen LogP contribution in [0.25, 0.3) is 0 Å². The van der Waals surface area contributed by atoms with Gasteiger partial charge in [-0.15, -0.1) is 0 Å². The highest BCUT2D eigenvalue weighted by molar-refractivity contribution is 6.53. The summed E-state index contributed by atoms with van der Waals surface area (Å²) in [7, 11) is 0. The van der Waals surface area contributed by atoms with Crippen LogP contribution in [-0.2, 0) is 0 Å². The van der Waals surface area contributed by atoms with Crippen molar-refractivity contribution in [2.45, 2.75) is 39.5 Å². The highest BCUT2D eigenvalue weighted by Gasteiger charge is 2.23. The molecule has 0 spiro atoms. The van der Waals surface area contributed by atoms with Gasteiger partial charge in [0.2, 0.25) is 0 Å². The van der Waals surface area contributed by atoms with Crippen molar-refractivity contribution in [1.29, 1.82) is 0 Å². The largest absolute Gasteiger partial charge is 0.488 e. The Kier molecular flexibility index (Phi) is 8.20. The van der Waals surface area contributed by atoms with Crippen molar-refractivity contribution in [3.05, 3.63) is 20.1 Å². The Balaban J connectivity index is 3.08. The van der Waals surface area contributed by atoms with Gasteiger partial charge in [-0.1, -0.05) is 73.1 Å². The van der Waals surface area contributed by atoms with E-state index in [1.807, 2.05) is 0 Å². The maximum atomic E-state index is 6.19. The second kappa shape index (κ2) is 9.09. The molecule has 1 rings (SSSR count). The van der Waals surface area contributed by atoms with Crippen molar-refractivity contribution >= 4 is 46.4 Å². The maximum Gasteiger partial charge on any atom is 0.182 e. The number of benzene rings is 1. The molecule has 6 heteroatoms. The predicted octanol–water partition coefficient (Wildman–Crippen LogP) is 6.66. The summed E-state index contributed by atoms with van der Waals surface area (Å²) in [5.74, 6) is 0.742. The Morgan fingerprint density at radius 1 is 0.650 bits per heavy atom. The van der Waals surface area contributed by atoms with E-state index in [1.54, 1.807) is 0 Å². The molecule has 0 atom stereocenters. The fourth-order valence-electron chi connectivity index (χ4n) is 1.49. The molecule has 1 aromatic carbocycles. The molecule has 20 heavy (non-hydrogen) atoms. The molecule has 0 aromatic heterocycles. The zero-order valence-electron chi connectivity index (χ0n) is 11.6. The number of unbranched alkanes of at least 4 members (excludes halogenated alkanes) is 2. The summed E-state index contributed by atoms with van der Waals surface area (Å²) in [4.78, 5) is 0. The molecule has 1 aromatic rings. The highest BCUT2D eigenvalue weighted by Crippen LogP contribution is 2.50. The van der Waals surface area contributed by atoms with Crippen molar-refractivity contribution in [1.82, 2.24) is 0 Å². The normalized spacial score (nSPS) is 10.7.